The number of nitrogens with zero attached hydrogens (tertiary/aromatic N) is 4. The zero-order valence-corrected chi connectivity index (χ0v) is 17.1. The number of hydrogen-bond acceptors (Lipinski definition) is 7. The molecule has 0 saturated carbocycles. The maximum Gasteiger partial charge on any atom is 0.252 e. The molecule has 1 aliphatic rings. The van der Waals surface area contributed by atoms with Crippen molar-refractivity contribution in [3.63, 3.8) is 0 Å². The van der Waals surface area contributed by atoms with Crippen LogP contribution >= 0.6 is 11.3 Å². The molecule has 0 radical (unpaired) electrons. The molecule has 2 aromatic heterocycles. The minimum Gasteiger partial charge on any atom is -0.386 e. The number of sulfonamides is 1. The smallest absolute Gasteiger partial charge is 0.252 e. The van der Waals surface area contributed by atoms with E-state index >= 15 is 0 Å². The van der Waals surface area contributed by atoms with Crippen LogP contribution in [0.15, 0.2) is 34.1 Å². The highest BCUT2D eigenvalue weighted by atomic mass is 32.2. The highest BCUT2D eigenvalue weighted by molar-refractivity contribution is 7.91. The summed E-state index contributed by atoms with van der Waals surface area (Å²) >= 11 is 1.21. The first-order valence-electron chi connectivity index (χ1n) is 8.51. The summed E-state index contributed by atoms with van der Waals surface area (Å²) in [6.45, 7) is 6.08. The Balaban J connectivity index is 1.84. The standard InChI is InChI=1S/C18H22N4O3S2/c1-4-6-15-13-21(27(24,25)16-7-5-10-26-16)8-9-22(15)17-19-11-14(12-20-17)18(2,3)23/h5,7,10-12,15,23H,8-9,13H2,1-3H3. The molecular weight excluding hydrogens is 384 g/mol. The number of aromatic nitrogens is 2. The van der Waals surface area contributed by atoms with Gasteiger partial charge in [0.2, 0.25) is 5.95 Å². The van der Waals surface area contributed by atoms with Crippen LogP contribution in [0.4, 0.5) is 5.95 Å². The molecule has 0 spiro atoms. The van der Waals surface area contributed by atoms with Gasteiger partial charge in [0.25, 0.3) is 10.0 Å². The van der Waals surface area contributed by atoms with E-state index in [1.165, 1.54) is 15.6 Å². The van der Waals surface area contributed by atoms with Crippen LogP contribution in [0.1, 0.15) is 26.3 Å². The fourth-order valence-corrected chi connectivity index (χ4v) is 5.41. The monoisotopic (exact) mass is 406 g/mol. The van der Waals surface area contributed by atoms with Crippen molar-refractivity contribution in [1.82, 2.24) is 14.3 Å². The summed E-state index contributed by atoms with van der Waals surface area (Å²) in [6.07, 6.45) is 3.18. The molecule has 3 heterocycles. The van der Waals surface area contributed by atoms with Gasteiger partial charge in [-0.15, -0.1) is 17.3 Å². The summed E-state index contributed by atoms with van der Waals surface area (Å²) in [5.74, 6) is 6.42. The van der Waals surface area contributed by atoms with Crippen LogP contribution in [0.25, 0.3) is 0 Å². The molecule has 144 valence electrons. The summed E-state index contributed by atoms with van der Waals surface area (Å²) in [7, 11) is -3.52. The van der Waals surface area contributed by atoms with Crippen molar-refractivity contribution in [2.45, 2.75) is 36.6 Å². The molecule has 9 heteroatoms. The van der Waals surface area contributed by atoms with Gasteiger partial charge in [0.15, 0.2) is 0 Å². The Hall–Kier alpha value is -1.99. The van der Waals surface area contributed by atoms with Gasteiger partial charge in [0.05, 0.1) is 5.60 Å². The number of aliphatic hydroxyl groups is 1. The van der Waals surface area contributed by atoms with E-state index in [4.69, 9.17) is 0 Å². The molecule has 1 atom stereocenters. The Kier molecular flexibility index (Phi) is 5.53. The summed E-state index contributed by atoms with van der Waals surface area (Å²) in [5, 5.41) is 11.8. The maximum absolute atomic E-state index is 12.8. The molecule has 0 aliphatic carbocycles. The third-order valence-electron chi connectivity index (χ3n) is 4.34. The van der Waals surface area contributed by atoms with E-state index < -0.39 is 15.6 Å². The largest absolute Gasteiger partial charge is 0.386 e. The van der Waals surface area contributed by atoms with Crippen LogP contribution in [-0.4, -0.2) is 53.5 Å². The van der Waals surface area contributed by atoms with E-state index in [1.54, 1.807) is 50.7 Å². The van der Waals surface area contributed by atoms with E-state index in [1.807, 2.05) is 4.90 Å². The number of rotatable bonds is 4. The Bertz CT molecular complexity index is 939. The van der Waals surface area contributed by atoms with Gasteiger partial charge in [0.1, 0.15) is 10.3 Å². The minimum atomic E-state index is -3.52. The van der Waals surface area contributed by atoms with Crippen molar-refractivity contribution in [1.29, 1.82) is 0 Å². The molecule has 0 amide bonds. The Morgan fingerprint density at radius 3 is 2.56 bits per heavy atom. The van der Waals surface area contributed by atoms with Gasteiger partial charge in [0, 0.05) is 37.6 Å². The third-order valence-corrected chi connectivity index (χ3v) is 7.58. The number of piperazine rings is 1. The highest BCUT2D eigenvalue weighted by Crippen LogP contribution is 2.26. The van der Waals surface area contributed by atoms with E-state index in [-0.39, 0.29) is 12.6 Å². The summed E-state index contributed by atoms with van der Waals surface area (Å²) in [4.78, 5) is 10.6. The van der Waals surface area contributed by atoms with E-state index in [0.717, 1.165) is 0 Å². The molecule has 1 fully saturated rings. The lowest BCUT2D eigenvalue weighted by molar-refractivity contribution is 0.0778. The molecule has 0 aromatic carbocycles. The zero-order valence-electron chi connectivity index (χ0n) is 15.5. The van der Waals surface area contributed by atoms with Crippen molar-refractivity contribution in [3.05, 3.63) is 35.5 Å². The molecule has 0 bridgehead atoms. The molecule has 3 rings (SSSR count). The van der Waals surface area contributed by atoms with Crippen LogP contribution in [-0.2, 0) is 15.6 Å². The van der Waals surface area contributed by atoms with Gasteiger partial charge >= 0.3 is 0 Å². The summed E-state index contributed by atoms with van der Waals surface area (Å²) < 4.78 is 27.4. The fraction of sp³-hybridized carbons (Fsp3) is 0.444. The highest BCUT2D eigenvalue weighted by Gasteiger charge is 2.35. The van der Waals surface area contributed by atoms with Gasteiger partial charge in [-0.2, -0.15) is 4.31 Å². The van der Waals surface area contributed by atoms with Crippen molar-refractivity contribution in [2.75, 3.05) is 24.5 Å². The molecule has 1 unspecified atom stereocenters. The lowest BCUT2D eigenvalue weighted by Crippen LogP contribution is -2.54. The van der Waals surface area contributed by atoms with E-state index in [0.29, 0.717) is 28.8 Å². The van der Waals surface area contributed by atoms with Gasteiger partial charge in [-0.3, -0.25) is 0 Å². The predicted molar refractivity (Wildman–Crippen MR) is 105 cm³/mol. The lowest BCUT2D eigenvalue weighted by atomic mass is 10.0. The second kappa shape index (κ2) is 7.56. The third kappa shape index (κ3) is 4.14. The topological polar surface area (TPSA) is 86.6 Å². The van der Waals surface area contributed by atoms with E-state index in [9.17, 15) is 13.5 Å². The fourth-order valence-electron chi connectivity index (χ4n) is 2.83. The molecular formula is C18H22N4O3S2. The molecule has 1 N–H and O–H groups in total. The second-order valence-corrected chi connectivity index (χ2v) is 9.84. The normalized spacial score (nSPS) is 18.8. The Morgan fingerprint density at radius 1 is 1.30 bits per heavy atom. The maximum atomic E-state index is 12.8. The molecule has 2 aromatic rings. The SMILES string of the molecule is CC#CC1CN(S(=O)(=O)c2cccs2)CCN1c1ncc(C(C)(C)O)cn1. The molecule has 27 heavy (non-hydrogen) atoms. The zero-order chi connectivity index (χ0) is 19.7. The van der Waals surface area contributed by atoms with Crippen molar-refractivity contribution >= 4 is 27.3 Å². The number of hydrogen-bond donors (Lipinski definition) is 1. The molecule has 1 saturated heterocycles. The average molecular weight is 407 g/mol. The minimum absolute atomic E-state index is 0.248. The Labute approximate surface area is 163 Å². The van der Waals surface area contributed by atoms with Crippen molar-refractivity contribution in [2.24, 2.45) is 0 Å². The Morgan fingerprint density at radius 2 is 2.00 bits per heavy atom. The first-order valence-corrected chi connectivity index (χ1v) is 10.8. The van der Waals surface area contributed by atoms with Gasteiger partial charge in [-0.1, -0.05) is 12.0 Å². The first kappa shape index (κ1) is 19.8. The van der Waals surface area contributed by atoms with Crippen molar-refractivity contribution in [3.8, 4) is 11.8 Å². The van der Waals surface area contributed by atoms with Crippen LogP contribution < -0.4 is 4.90 Å². The quantitative estimate of drug-likeness (QED) is 0.778. The summed E-state index contributed by atoms with van der Waals surface area (Å²) in [5.41, 5.74) is -0.405. The van der Waals surface area contributed by atoms with Gasteiger partial charge in [-0.25, -0.2) is 18.4 Å². The lowest BCUT2D eigenvalue weighted by Gasteiger charge is -2.38. The number of thiophene rings is 1. The predicted octanol–water partition coefficient (Wildman–Crippen LogP) is 1.67. The first-order chi connectivity index (χ1) is 12.7. The number of anilines is 1. The molecule has 1 aliphatic heterocycles. The van der Waals surface area contributed by atoms with Gasteiger partial charge in [-0.05, 0) is 32.2 Å². The van der Waals surface area contributed by atoms with Crippen LogP contribution in [0.2, 0.25) is 0 Å². The second-order valence-electron chi connectivity index (χ2n) is 6.73. The van der Waals surface area contributed by atoms with E-state index in [2.05, 4.69) is 21.8 Å². The van der Waals surface area contributed by atoms with Crippen LogP contribution in [0.5, 0.6) is 0 Å². The van der Waals surface area contributed by atoms with Gasteiger partial charge < -0.3 is 10.0 Å². The van der Waals surface area contributed by atoms with Crippen LogP contribution in [0.3, 0.4) is 0 Å². The van der Waals surface area contributed by atoms with Crippen molar-refractivity contribution < 1.29 is 13.5 Å². The van der Waals surface area contributed by atoms with Crippen LogP contribution in [0, 0.1) is 11.8 Å². The summed E-state index contributed by atoms with van der Waals surface area (Å²) in [6, 6.07) is 3.01. The molecule has 7 nitrogen and oxygen atoms in total. The average Bonchev–Trinajstić information content (AvgIpc) is 3.17.